The number of Topliss-reactive ketones (excluding diaryl/α,β-unsaturated/α-hetero) is 1. The smallest absolute Gasteiger partial charge is 0.204 e. The van der Waals surface area contributed by atoms with Crippen LogP contribution in [0.4, 0.5) is 0 Å². The molecular formula is C19H18N2O. The van der Waals surface area contributed by atoms with Crippen LogP contribution < -0.4 is 0 Å². The Kier molecular flexibility index (Phi) is 3.49. The van der Waals surface area contributed by atoms with Gasteiger partial charge in [-0.15, -0.1) is 0 Å². The van der Waals surface area contributed by atoms with E-state index in [0.717, 1.165) is 11.1 Å². The number of carbonyl (C=O) groups is 1. The molecule has 1 aliphatic heterocycles. The minimum Gasteiger partial charge on any atom is -0.293 e. The lowest BCUT2D eigenvalue weighted by Gasteiger charge is -2.27. The summed E-state index contributed by atoms with van der Waals surface area (Å²) < 4.78 is 0. The van der Waals surface area contributed by atoms with Crippen molar-refractivity contribution in [2.45, 2.75) is 24.4 Å². The Balaban J connectivity index is 2.15. The molecule has 0 bridgehead atoms. The summed E-state index contributed by atoms with van der Waals surface area (Å²) >= 11 is 0. The van der Waals surface area contributed by atoms with E-state index in [4.69, 9.17) is 0 Å². The second kappa shape index (κ2) is 5.34. The summed E-state index contributed by atoms with van der Waals surface area (Å²) in [7, 11) is 0. The minimum absolute atomic E-state index is 0.0325. The number of carbonyl (C=O) groups excluding carboxylic acids is 1. The lowest BCUT2D eigenvalue weighted by molar-refractivity contribution is -0.126. The number of rotatable bonds is 4. The van der Waals surface area contributed by atoms with Crippen molar-refractivity contribution in [3.8, 4) is 0 Å². The number of azo groups is 1. The van der Waals surface area contributed by atoms with Gasteiger partial charge in [-0.3, -0.25) is 4.79 Å². The maximum atomic E-state index is 13.4. The van der Waals surface area contributed by atoms with Crippen molar-refractivity contribution in [3.63, 3.8) is 0 Å². The van der Waals surface area contributed by atoms with Crippen LogP contribution in [0.3, 0.4) is 0 Å². The molecule has 0 aliphatic carbocycles. The first kappa shape index (κ1) is 14.4. The Morgan fingerprint density at radius 1 is 0.955 bits per heavy atom. The molecule has 1 aliphatic rings. The number of benzene rings is 2. The van der Waals surface area contributed by atoms with Crippen LogP contribution in [0, 0.1) is 0 Å². The Morgan fingerprint density at radius 2 is 1.50 bits per heavy atom. The van der Waals surface area contributed by atoms with Crippen LogP contribution in [-0.2, 0) is 15.9 Å². The fourth-order valence-corrected chi connectivity index (χ4v) is 3.04. The zero-order valence-electron chi connectivity index (χ0n) is 12.6. The molecule has 3 rings (SSSR count). The second-order valence-corrected chi connectivity index (χ2v) is 5.45. The predicted octanol–water partition coefficient (Wildman–Crippen LogP) is 4.41. The molecule has 0 fully saturated rings. The van der Waals surface area contributed by atoms with Crippen molar-refractivity contribution in [2.75, 3.05) is 0 Å². The molecule has 0 unspecified atom stereocenters. The predicted molar refractivity (Wildman–Crippen MR) is 86.6 cm³/mol. The molecule has 0 saturated carbocycles. The maximum Gasteiger partial charge on any atom is 0.204 e. The fraction of sp³-hybridized carbons (Fsp3) is 0.211. The third kappa shape index (κ3) is 1.86. The highest BCUT2D eigenvalue weighted by atomic mass is 16.1. The first-order valence-electron chi connectivity index (χ1n) is 7.43. The molecule has 3 heteroatoms. The van der Waals surface area contributed by atoms with E-state index in [2.05, 4.69) is 16.8 Å². The SMILES string of the molecule is C=C[C@]1(c2ccccc2)N=N[C@](CC)(c2ccccc2)C1=O. The normalized spacial score (nSPS) is 27.0. The van der Waals surface area contributed by atoms with Crippen LogP contribution in [0.2, 0.25) is 0 Å². The van der Waals surface area contributed by atoms with Gasteiger partial charge in [-0.2, -0.15) is 10.2 Å². The van der Waals surface area contributed by atoms with Gasteiger partial charge in [0.25, 0.3) is 0 Å². The lowest BCUT2D eigenvalue weighted by Crippen LogP contribution is -2.40. The number of hydrogen-bond donors (Lipinski definition) is 0. The van der Waals surface area contributed by atoms with E-state index in [1.165, 1.54) is 0 Å². The molecule has 0 saturated heterocycles. The van der Waals surface area contributed by atoms with Crippen LogP contribution in [0.1, 0.15) is 24.5 Å². The van der Waals surface area contributed by atoms with Crippen LogP contribution >= 0.6 is 0 Å². The summed E-state index contributed by atoms with van der Waals surface area (Å²) in [6, 6.07) is 19.2. The molecule has 2 aromatic carbocycles. The second-order valence-electron chi connectivity index (χ2n) is 5.45. The highest BCUT2D eigenvalue weighted by molar-refractivity contribution is 6.01. The van der Waals surface area contributed by atoms with Crippen molar-refractivity contribution in [1.82, 2.24) is 0 Å². The van der Waals surface area contributed by atoms with Gasteiger partial charge in [0.1, 0.15) is 0 Å². The first-order valence-corrected chi connectivity index (χ1v) is 7.43. The van der Waals surface area contributed by atoms with Gasteiger partial charge in [-0.25, -0.2) is 0 Å². The van der Waals surface area contributed by atoms with Gasteiger partial charge >= 0.3 is 0 Å². The Bertz CT molecular complexity index is 724. The Morgan fingerprint density at radius 3 is 2.00 bits per heavy atom. The summed E-state index contributed by atoms with van der Waals surface area (Å²) in [6.07, 6.45) is 2.18. The van der Waals surface area contributed by atoms with Gasteiger partial charge in [0, 0.05) is 0 Å². The minimum atomic E-state index is -1.09. The van der Waals surface area contributed by atoms with Crippen LogP contribution in [0.5, 0.6) is 0 Å². The van der Waals surface area contributed by atoms with Crippen LogP contribution in [-0.4, -0.2) is 5.78 Å². The molecule has 0 aromatic heterocycles. The summed E-state index contributed by atoms with van der Waals surface area (Å²) in [5, 5.41) is 8.84. The summed E-state index contributed by atoms with van der Waals surface area (Å²) in [4.78, 5) is 13.4. The van der Waals surface area contributed by atoms with E-state index >= 15 is 0 Å². The van der Waals surface area contributed by atoms with Gasteiger partial charge < -0.3 is 0 Å². The number of nitrogens with zero attached hydrogens (tertiary/aromatic N) is 2. The third-order valence-corrected chi connectivity index (χ3v) is 4.37. The number of hydrogen-bond acceptors (Lipinski definition) is 3. The standard InChI is InChI=1S/C19H18N2O/c1-3-18(15-11-7-5-8-12-15)17(22)19(4-2,21-20-18)16-13-9-6-10-14-16/h3,5-14H,1,4H2,2H3/t18-,19-/m1/s1. The zero-order valence-corrected chi connectivity index (χ0v) is 12.6. The molecule has 2 aromatic rings. The average Bonchev–Trinajstić information content (AvgIpc) is 2.90. The summed E-state index contributed by atoms with van der Waals surface area (Å²) in [6.45, 7) is 5.83. The largest absolute Gasteiger partial charge is 0.293 e. The highest BCUT2D eigenvalue weighted by Crippen LogP contribution is 2.47. The van der Waals surface area contributed by atoms with Crippen LogP contribution in [0.25, 0.3) is 0 Å². The maximum absolute atomic E-state index is 13.4. The molecule has 22 heavy (non-hydrogen) atoms. The molecule has 1 heterocycles. The average molecular weight is 290 g/mol. The quantitative estimate of drug-likeness (QED) is 0.769. The van der Waals surface area contributed by atoms with Gasteiger partial charge in [-0.05, 0) is 17.5 Å². The summed E-state index contributed by atoms with van der Waals surface area (Å²) in [5.41, 5.74) is -0.325. The van der Waals surface area contributed by atoms with Gasteiger partial charge in [0.2, 0.25) is 5.78 Å². The molecule has 0 radical (unpaired) electrons. The van der Waals surface area contributed by atoms with E-state index in [0.29, 0.717) is 6.42 Å². The Labute approximate surface area is 130 Å². The van der Waals surface area contributed by atoms with Gasteiger partial charge in [-0.1, -0.05) is 80.2 Å². The monoisotopic (exact) mass is 290 g/mol. The van der Waals surface area contributed by atoms with Crippen molar-refractivity contribution in [2.24, 2.45) is 10.2 Å². The number of ketones is 1. The van der Waals surface area contributed by atoms with E-state index in [9.17, 15) is 4.79 Å². The topological polar surface area (TPSA) is 41.8 Å². The molecule has 0 spiro atoms. The van der Waals surface area contributed by atoms with E-state index in [1.54, 1.807) is 6.08 Å². The zero-order chi connectivity index (χ0) is 15.6. The molecule has 0 amide bonds. The molecule has 2 atom stereocenters. The van der Waals surface area contributed by atoms with Crippen molar-refractivity contribution in [1.29, 1.82) is 0 Å². The summed E-state index contributed by atoms with van der Waals surface area (Å²) in [5.74, 6) is -0.0325. The lowest BCUT2D eigenvalue weighted by atomic mass is 9.74. The molecular weight excluding hydrogens is 272 g/mol. The fourth-order valence-electron chi connectivity index (χ4n) is 3.04. The van der Waals surface area contributed by atoms with Crippen molar-refractivity contribution >= 4 is 5.78 Å². The van der Waals surface area contributed by atoms with E-state index in [-0.39, 0.29) is 5.78 Å². The Hall–Kier alpha value is -2.55. The van der Waals surface area contributed by atoms with Crippen molar-refractivity contribution in [3.05, 3.63) is 84.4 Å². The highest BCUT2D eigenvalue weighted by Gasteiger charge is 2.55. The van der Waals surface area contributed by atoms with E-state index < -0.39 is 11.1 Å². The molecule has 110 valence electrons. The van der Waals surface area contributed by atoms with Crippen LogP contribution in [0.15, 0.2) is 83.5 Å². The molecule has 3 nitrogen and oxygen atoms in total. The van der Waals surface area contributed by atoms with Gasteiger partial charge in [0.05, 0.1) is 0 Å². The van der Waals surface area contributed by atoms with Gasteiger partial charge in [0.15, 0.2) is 11.1 Å². The third-order valence-electron chi connectivity index (χ3n) is 4.37. The van der Waals surface area contributed by atoms with Crippen molar-refractivity contribution < 1.29 is 4.79 Å². The molecule has 0 N–H and O–H groups in total. The van der Waals surface area contributed by atoms with E-state index in [1.807, 2.05) is 67.6 Å². The first-order chi connectivity index (χ1) is 10.7.